The number of nitrogens with one attached hydrogen (secondary N) is 1. The normalized spacial score (nSPS) is 10.8. The Kier molecular flexibility index (Phi) is 8.33. The van der Waals surface area contributed by atoms with Gasteiger partial charge in [0.05, 0.1) is 32.0 Å². The predicted molar refractivity (Wildman–Crippen MR) is 136 cm³/mol. The fraction of sp³-hybridized carbons (Fsp3) is 0.0417. The zero-order valence-corrected chi connectivity index (χ0v) is 20.7. The lowest BCUT2D eigenvalue weighted by atomic mass is 10.1. The number of ether oxygens (including phenoxy) is 2. The molecule has 0 unspecified atom stereocenters. The predicted octanol–water partition coefficient (Wildman–Crippen LogP) is 6.37. The van der Waals surface area contributed by atoms with E-state index in [0.717, 1.165) is 0 Å². The number of halogens is 3. The maximum absolute atomic E-state index is 12.6. The molecular formula is C24H15Cl2IN2O4. The Morgan fingerprint density at radius 2 is 1.73 bits per heavy atom. The van der Waals surface area contributed by atoms with Gasteiger partial charge in [-0.15, -0.1) is 0 Å². The molecule has 3 rings (SSSR count). The van der Waals surface area contributed by atoms with Crippen LogP contribution in [-0.4, -0.2) is 19.0 Å². The summed E-state index contributed by atoms with van der Waals surface area (Å²) in [5.41, 5.74) is 0.911. The van der Waals surface area contributed by atoms with Crippen molar-refractivity contribution in [3.05, 3.63) is 91.0 Å². The number of carbonyl (C=O) groups excluding carboxylic acids is 2. The summed E-state index contributed by atoms with van der Waals surface area (Å²) in [6, 6.07) is 18.4. The second-order valence-corrected chi connectivity index (χ2v) is 8.49. The molecule has 0 fully saturated rings. The zero-order valence-electron chi connectivity index (χ0n) is 17.1. The van der Waals surface area contributed by atoms with Crippen molar-refractivity contribution in [2.24, 2.45) is 0 Å². The zero-order chi connectivity index (χ0) is 24.0. The van der Waals surface area contributed by atoms with E-state index in [2.05, 4.69) is 5.32 Å². The van der Waals surface area contributed by atoms with Crippen LogP contribution in [0.3, 0.4) is 0 Å². The molecule has 0 saturated heterocycles. The third kappa shape index (κ3) is 6.05. The van der Waals surface area contributed by atoms with Crippen LogP contribution in [0.4, 0.5) is 5.69 Å². The molecular weight excluding hydrogens is 578 g/mol. The Morgan fingerprint density at radius 1 is 1.06 bits per heavy atom. The summed E-state index contributed by atoms with van der Waals surface area (Å²) in [5, 5.41) is 12.6. The number of carbonyl (C=O) groups is 2. The minimum absolute atomic E-state index is 0.183. The summed E-state index contributed by atoms with van der Waals surface area (Å²) in [7, 11) is 1.43. The Bertz CT molecular complexity index is 1270. The number of anilines is 1. The summed E-state index contributed by atoms with van der Waals surface area (Å²) in [6.45, 7) is 0. The number of hydrogen-bond acceptors (Lipinski definition) is 5. The van der Waals surface area contributed by atoms with Crippen LogP contribution in [0.1, 0.15) is 15.9 Å². The van der Waals surface area contributed by atoms with Gasteiger partial charge >= 0.3 is 5.97 Å². The molecule has 3 aromatic rings. The van der Waals surface area contributed by atoms with Crippen LogP contribution in [0.5, 0.6) is 11.5 Å². The average molecular weight is 593 g/mol. The van der Waals surface area contributed by atoms with Gasteiger partial charge in [0.25, 0.3) is 5.91 Å². The first-order chi connectivity index (χ1) is 15.8. The number of nitrogens with zero attached hydrogens (tertiary/aromatic N) is 1. The molecule has 0 aliphatic rings. The van der Waals surface area contributed by atoms with Crippen LogP contribution in [-0.2, 0) is 4.79 Å². The lowest BCUT2D eigenvalue weighted by molar-refractivity contribution is -0.112. The van der Waals surface area contributed by atoms with Crippen molar-refractivity contribution in [1.82, 2.24) is 0 Å². The molecule has 0 aliphatic heterocycles. The Hall–Kier alpha value is -3.06. The quantitative estimate of drug-likeness (QED) is 0.118. The largest absolute Gasteiger partial charge is 0.493 e. The SMILES string of the molecule is COc1cc(/C=C(\C#N)C(=O)Nc2c(Cl)cccc2Cl)cc(I)c1OC(=O)c1ccccc1. The number of para-hydroxylation sites is 1. The molecule has 1 amide bonds. The Balaban J connectivity index is 1.89. The van der Waals surface area contributed by atoms with E-state index in [0.29, 0.717) is 14.7 Å². The second-order valence-electron chi connectivity index (χ2n) is 6.51. The highest BCUT2D eigenvalue weighted by atomic mass is 127. The highest BCUT2D eigenvalue weighted by molar-refractivity contribution is 14.1. The van der Waals surface area contributed by atoms with Crippen LogP contribution in [0, 0.1) is 14.9 Å². The topological polar surface area (TPSA) is 88.4 Å². The summed E-state index contributed by atoms with van der Waals surface area (Å²) < 4.78 is 11.5. The number of nitriles is 1. The van der Waals surface area contributed by atoms with E-state index in [1.165, 1.54) is 13.2 Å². The van der Waals surface area contributed by atoms with E-state index in [1.807, 2.05) is 28.7 Å². The summed E-state index contributed by atoms with van der Waals surface area (Å²) >= 11 is 14.2. The van der Waals surface area contributed by atoms with E-state index in [4.69, 9.17) is 32.7 Å². The lowest BCUT2D eigenvalue weighted by Crippen LogP contribution is -2.14. The van der Waals surface area contributed by atoms with Gasteiger partial charge in [-0.25, -0.2) is 4.79 Å². The second kappa shape index (κ2) is 11.2. The minimum atomic E-state index is -0.680. The first-order valence-corrected chi connectivity index (χ1v) is 11.2. The van der Waals surface area contributed by atoms with Crippen LogP contribution in [0.25, 0.3) is 6.08 Å². The summed E-state index contributed by atoms with van der Waals surface area (Å²) in [6.07, 6.45) is 1.38. The van der Waals surface area contributed by atoms with Crippen molar-refractivity contribution in [2.75, 3.05) is 12.4 Å². The molecule has 33 heavy (non-hydrogen) atoms. The van der Waals surface area contributed by atoms with Gasteiger partial charge in [-0.2, -0.15) is 5.26 Å². The molecule has 0 bridgehead atoms. The van der Waals surface area contributed by atoms with Crippen molar-refractivity contribution in [2.45, 2.75) is 0 Å². The van der Waals surface area contributed by atoms with Crippen molar-refractivity contribution < 1.29 is 19.1 Å². The van der Waals surface area contributed by atoms with Gasteiger partial charge in [-0.3, -0.25) is 4.79 Å². The first kappa shape index (κ1) is 24.6. The molecule has 6 nitrogen and oxygen atoms in total. The van der Waals surface area contributed by atoms with Gasteiger partial charge in [0.2, 0.25) is 0 Å². The van der Waals surface area contributed by atoms with Gasteiger partial charge in [0.1, 0.15) is 11.6 Å². The molecule has 1 N–H and O–H groups in total. The number of amides is 1. The van der Waals surface area contributed by atoms with Crippen LogP contribution < -0.4 is 14.8 Å². The minimum Gasteiger partial charge on any atom is -0.493 e. The van der Waals surface area contributed by atoms with E-state index >= 15 is 0 Å². The van der Waals surface area contributed by atoms with Gasteiger partial charge < -0.3 is 14.8 Å². The number of rotatable bonds is 6. The highest BCUT2D eigenvalue weighted by Gasteiger charge is 2.18. The van der Waals surface area contributed by atoms with E-state index in [-0.39, 0.29) is 32.8 Å². The number of esters is 1. The average Bonchev–Trinajstić information content (AvgIpc) is 2.81. The maximum Gasteiger partial charge on any atom is 0.343 e. The molecule has 166 valence electrons. The Morgan fingerprint density at radius 3 is 2.33 bits per heavy atom. The molecule has 0 aromatic heterocycles. The highest BCUT2D eigenvalue weighted by Crippen LogP contribution is 2.35. The van der Waals surface area contributed by atoms with Crippen molar-refractivity contribution in [3.8, 4) is 17.6 Å². The summed E-state index contributed by atoms with van der Waals surface area (Å²) in [4.78, 5) is 25.1. The van der Waals surface area contributed by atoms with Gasteiger partial charge in [-0.1, -0.05) is 47.5 Å². The molecule has 0 spiro atoms. The Labute approximate surface area is 213 Å². The van der Waals surface area contributed by atoms with Crippen LogP contribution in [0.15, 0.2) is 66.2 Å². The van der Waals surface area contributed by atoms with Gasteiger partial charge in [-0.05, 0) is 70.6 Å². The number of methoxy groups -OCH3 is 1. The molecule has 0 heterocycles. The lowest BCUT2D eigenvalue weighted by Gasteiger charge is -2.13. The van der Waals surface area contributed by atoms with Gasteiger partial charge in [0, 0.05) is 0 Å². The van der Waals surface area contributed by atoms with Crippen molar-refractivity contribution in [3.63, 3.8) is 0 Å². The van der Waals surface area contributed by atoms with E-state index in [9.17, 15) is 14.9 Å². The molecule has 9 heteroatoms. The summed E-state index contributed by atoms with van der Waals surface area (Å²) in [5.74, 6) is -0.718. The van der Waals surface area contributed by atoms with Gasteiger partial charge in [0.15, 0.2) is 11.5 Å². The fourth-order valence-corrected chi connectivity index (χ4v) is 3.99. The monoisotopic (exact) mass is 592 g/mol. The van der Waals surface area contributed by atoms with Crippen LogP contribution >= 0.6 is 45.8 Å². The smallest absolute Gasteiger partial charge is 0.343 e. The third-order valence-electron chi connectivity index (χ3n) is 4.33. The van der Waals surface area contributed by atoms with Crippen LogP contribution in [0.2, 0.25) is 10.0 Å². The molecule has 3 aromatic carbocycles. The molecule has 0 atom stereocenters. The van der Waals surface area contributed by atoms with E-state index in [1.54, 1.807) is 60.7 Å². The standard InChI is InChI=1S/C24H15Cl2IN2O4/c1-32-20-12-14(11-19(27)22(20)33-24(31)15-6-3-2-4-7-15)10-16(13-28)23(30)29-21-17(25)8-5-9-18(21)26/h2-12H,1H3,(H,29,30)/b16-10+. The third-order valence-corrected chi connectivity index (χ3v) is 5.76. The first-order valence-electron chi connectivity index (χ1n) is 9.36. The maximum atomic E-state index is 12.6. The van der Waals surface area contributed by atoms with Crippen molar-refractivity contribution >= 4 is 69.4 Å². The number of benzene rings is 3. The molecule has 0 radical (unpaired) electrons. The van der Waals surface area contributed by atoms with Crippen molar-refractivity contribution in [1.29, 1.82) is 5.26 Å². The fourth-order valence-electron chi connectivity index (χ4n) is 2.76. The van der Waals surface area contributed by atoms with E-state index < -0.39 is 11.9 Å². The molecule has 0 aliphatic carbocycles. The number of hydrogen-bond donors (Lipinski definition) is 1. The molecule has 0 saturated carbocycles.